The zero-order valence-corrected chi connectivity index (χ0v) is 18.5. The fourth-order valence-corrected chi connectivity index (χ4v) is 3.87. The van der Waals surface area contributed by atoms with Gasteiger partial charge in [0.25, 0.3) is 5.91 Å². The highest BCUT2D eigenvalue weighted by atomic mass is 32.1. The van der Waals surface area contributed by atoms with Crippen molar-refractivity contribution in [2.45, 2.75) is 20.4 Å². The summed E-state index contributed by atoms with van der Waals surface area (Å²) in [7, 11) is 0. The largest absolute Gasteiger partial charge is 0.467 e. The van der Waals surface area contributed by atoms with E-state index in [2.05, 4.69) is 26.3 Å². The molecule has 33 heavy (non-hydrogen) atoms. The van der Waals surface area contributed by atoms with Gasteiger partial charge in [-0.2, -0.15) is 5.26 Å². The zero-order chi connectivity index (χ0) is 23.4. The maximum atomic E-state index is 12.5. The molecule has 0 aliphatic rings. The highest BCUT2D eigenvalue weighted by molar-refractivity contribution is 7.13. The molecule has 166 valence electrons. The Hall–Kier alpha value is -4.30. The molecule has 4 rings (SSSR count). The van der Waals surface area contributed by atoms with Crippen LogP contribution in [0.1, 0.15) is 33.1 Å². The third-order valence-corrected chi connectivity index (χ3v) is 5.74. The molecular weight excluding hydrogens is 444 g/mol. The van der Waals surface area contributed by atoms with Crippen LogP contribution in [0.4, 0.5) is 5.82 Å². The summed E-state index contributed by atoms with van der Waals surface area (Å²) in [6.07, 6.45) is 4.71. The summed E-state index contributed by atoms with van der Waals surface area (Å²) >= 11 is 1.19. The molecule has 0 aliphatic heterocycles. The number of hydrogen-bond donors (Lipinski definition) is 1. The molecule has 0 aromatic carbocycles. The first kappa shape index (κ1) is 21.9. The predicted molar refractivity (Wildman–Crippen MR) is 118 cm³/mol. The SMILES string of the molecule is Cc1c(C#N)c(NC(=O)COC(=O)c2csc(-c3ncccn3)n2)n(Cc2ccco2)c1C. The second kappa shape index (κ2) is 9.46. The lowest BCUT2D eigenvalue weighted by Gasteiger charge is -2.12. The van der Waals surface area contributed by atoms with E-state index in [1.165, 1.54) is 16.7 Å². The van der Waals surface area contributed by atoms with Gasteiger partial charge in [0.1, 0.15) is 17.6 Å². The number of amides is 1. The lowest BCUT2D eigenvalue weighted by atomic mass is 10.2. The van der Waals surface area contributed by atoms with Crippen LogP contribution in [0.3, 0.4) is 0 Å². The Morgan fingerprint density at radius 2 is 2.06 bits per heavy atom. The molecule has 0 aliphatic carbocycles. The van der Waals surface area contributed by atoms with E-state index in [4.69, 9.17) is 9.15 Å². The van der Waals surface area contributed by atoms with E-state index in [0.717, 1.165) is 11.3 Å². The number of anilines is 1. The standard InChI is InChI=1S/C22H18N6O4S/c1-13-14(2)28(10-15-5-3-8-31-15)20(16(13)9-23)27-18(29)11-32-22(30)17-12-33-21(26-17)19-24-6-4-7-25-19/h3-8,12H,10-11H2,1-2H3,(H,27,29). The van der Waals surface area contributed by atoms with Gasteiger partial charge >= 0.3 is 5.97 Å². The lowest BCUT2D eigenvalue weighted by Crippen LogP contribution is -2.23. The highest BCUT2D eigenvalue weighted by Crippen LogP contribution is 2.27. The quantitative estimate of drug-likeness (QED) is 0.413. The number of hydrogen-bond acceptors (Lipinski definition) is 9. The van der Waals surface area contributed by atoms with Crippen molar-refractivity contribution in [2.75, 3.05) is 11.9 Å². The number of ether oxygens (including phenoxy) is 1. The van der Waals surface area contributed by atoms with Crippen molar-refractivity contribution in [1.82, 2.24) is 19.5 Å². The number of aromatic nitrogens is 4. The van der Waals surface area contributed by atoms with E-state index in [1.807, 2.05) is 6.92 Å². The number of nitriles is 1. The summed E-state index contributed by atoms with van der Waals surface area (Å²) in [5.41, 5.74) is 1.95. The number of nitrogens with zero attached hydrogens (tertiary/aromatic N) is 5. The molecule has 4 aromatic rings. The molecule has 0 spiro atoms. The second-order valence-electron chi connectivity index (χ2n) is 6.95. The average Bonchev–Trinajstić information content (AvgIpc) is 3.57. The van der Waals surface area contributed by atoms with Crippen LogP contribution in [-0.4, -0.2) is 38.0 Å². The number of thiazole rings is 1. The third kappa shape index (κ3) is 4.65. The normalized spacial score (nSPS) is 10.6. The van der Waals surface area contributed by atoms with Gasteiger partial charge in [0.05, 0.1) is 18.4 Å². The van der Waals surface area contributed by atoms with Crippen LogP contribution < -0.4 is 5.32 Å². The fourth-order valence-electron chi connectivity index (χ4n) is 3.14. The molecule has 0 unspecified atom stereocenters. The van der Waals surface area contributed by atoms with Crippen molar-refractivity contribution in [3.8, 4) is 16.9 Å². The minimum absolute atomic E-state index is 0.0563. The Morgan fingerprint density at radius 3 is 2.76 bits per heavy atom. The number of carbonyl (C=O) groups is 2. The number of rotatable bonds is 7. The maximum absolute atomic E-state index is 12.5. The summed E-state index contributed by atoms with van der Waals surface area (Å²) < 4.78 is 12.3. The van der Waals surface area contributed by atoms with E-state index >= 15 is 0 Å². The Kier molecular flexibility index (Phi) is 6.28. The third-order valence-electron chi connectivity index (χ3n) is 4.90. The van der Waals surface area contributed by atoms with Crippen LogP contribution in [-0.2, 0) is 16.1 Å². The molecule has 11 heteroatoms. The Bertz CT molecular complexity index is 1340. The van der Waals surface area contributed by atoms with Gasteiger partial charge in [-0.1, -0.05) is 0 Å². The van der Waals surface area contributed by atoms with Gasteiger partial charge in [0, 0.05) is 23.5 Å². The van der Waals surface area contributed by atoms with Crippen molar-refractivity contribution in [3.05, 3.63) is 70.5 Å². The van der Waals surface area contributed by atoms with Gasteiger partial charge < -0.3 is 19.0 Å². The number of nitrogens with one attached hydrogen (secondary N) is 1. The average molecular weight is 462 g/mol. The van der Waals surface area contributed by atoms with Crippen molar-refractivity contribution < 1.29 is 18.7 Å². The van der Waals surface area contributed by atoms with Crippen molar-refractivity contribution >= 4 is 29.0 Å². The van der Waals surface area contributed by atoms with Crippen LogP contribution in [0.2, 0.25) is 0 Å². The first-order valence-electron chi connectivity index (χ1n) is 9.80. The van der Waals surface area contributed by atoms with E-state index in [1.54, 1.807) is 48.3 Å². The van der Waals surface area contributed by atoms with Crippen LogP contribution in [0, 0.1) is 25.2 Å². The Labute approximate surface area is 192 Å². The first-order valence-corrected chi connectivity index (χ1v) is 10.7. The maximum Gasteiger partial charge on any atom is 0.358 e. The Morgan fingerprint density at radius 1 is 1.27 bits per heavy atom. The molecule has 1 amide bonds. The second-order valence-corrected chi connectivity index (χ2v) is 7.80. The van der Waals surface area contributed by atoms with Crippen LogP contribution >= 0.6 is 11.3 Å². The van der Waals surface area contributed by atoms with Gasteiger partial charge in [-0.3, -0.25) is 4.79 Å². The molecule has 0 saturated carbocycles. The molecule has 10 nitrogen and oxygen atoms in total. The van der Waals surface area contributed by atoms with Crippen molar-refractivity contribution in [3.63, 3.8) is 0 Å². The van der Waals surface area contributed by atoms with E-state index in [9.17, 15) is 14.9 Å². The molecule has 0 bridgehead atoms. The number of furan rings is 1. The molecule has 1 N–H and O–H groups in total. The van der Waals surface area contributed by atoms with E-state index in [-0.39, 0.29) is 5.69 Å². The van der Waals surface area contributed by atoms with E-state index in [0.29, 0.717) is 34.5 Å². The molecule has 4 aromatic heterocycles. The van der Waals surface area contributed by atoms with Crippen LogP contribution in [0.15, 0.2) is 46.7 Å². The predicted octanol–water partition coefficient (Wildman–Crippen LogP) is 3.33. The van der Waals surface area contributed by atoms with Crippen LogP contribution in [0.5, 0.6) is 0 Å². The number of carbonyl (C=O) groups excluding carboxylic acids is 2. The lowest BCUT2D eigenvalue weighted by molar-refractivity contribution is -0.119. The summed E-state index contributed by atoms with van der Waals surface area (Å²) in [5.74, 6) is 0.0528. The summed E-state index contributed by atoms with van der Waals surface area (Å²) in [5, 5.41) is 14.3. The fraction of sp³-hybridized carbons (Fsp3) is 0.182. The molecule has 0 atom stereocenters. The van der Waals surface area contributed by atoms with Crippen molar-refractivity contribution in [2.24, 2.45) is 0 Å². The monoisotopic (exact) mass is 462 g/mol. The Balaban J connectivity index is 1.44. The minimum atomic E-state index is -0.748. The molecule has 0 fully saturated rings. The molecule has 0 radical (unpaired) electrons. The zero-order valence-electron chi connectivity index (χ0n) is 17.7. The summed E-state index contributed by atoms with van der Waals surface area (Å²) in [6, 6.07) is 7.37. The van der Waals surface area contributed by atoms with Crippen LogP contribution in [0.25, 0.3) is 10.8 Å². The molecule has 4 heterocycles. The van der Waals surface area contributed by atoms with Gasteiger partial charge in [-0.05, 0) is 37.6 Å². The van der Waals surface area contributed by atoms with E-state index < -0.39 is 18.5 Å². The van der Waals surface area contributed by atoms with Gasteiger partial charge in [0.15, 0.2) is 23.1 Å². The van der Waals surface area contributed by atoms with Gasteiger partial charge in [0.2, 0.25) is 0 Å². The molecule has 0 saturated heterocycles. The topological polar surface area (TPSA) is 136 Å². The summed E-state index contributed by atoms with van der Waals surface area (Å²) in [4.78, 5) is 37.2. The van der Waals surface area contributed by atoms with Crippen molar-refractivity contribution in [1.29, 1.82) is 5.26 Å². The smallest absolute Gasteiger partial charge is 0.358 e. The number of esters is 1. The van der Waals surface area contributed by atoms with Gasteiger partial charge in [-0.25, -0.2) is 19.7 Å². The first-order chi connectivity index (χ1) is 16.0. The highest BCUT2D eigenvalue weighted by Gasteiger charge is 2.22. The van der Waals surface area contributed by atoms with Gasteiger partial charge in [-0.15, -0.1) is 11.3 Å². The summed E-state index contributed by atoms with van der Waals surface area (Å²) in [6.45, 7) is 3.45. The molecular formula is C22H18N6O4S. The minimum Gasteiger partial charge on any atom is -0.467 e.